The summed E-state index contributed by atoms with van der Waals surface area (Å²) in [6.07, 6.45) is 2.12. The van der Waals surface area contributed by atoms with Gasteiger partial charge in [-0.25, -0.2) is 0 Å². The second kappa shape index (κ2) is 5.98. The molecule has 1 aliphatic rings. The van der Waals surface area contributed by atoms with Gasteiger partial charge in [0.2, 0.25) is 6.79 Å². The van der Waals surface area contributed by atoms with Crippen LogP contribution in [-0.2, 0) is 6.54 Å². The Bertz CT molecular complexity index is 400. The van der Waals surface area contributed by atoms with Crippen LogP contribution in [0, 0.1) is 0 Å². The molecule has 2 rings (SSSR count). The normalized spacial score (nSPS) is 15.0. The van der Waals surface area contributed by atoms with Crippen LogP contribution in [0.25, 0.3) is 0 Å². The van der Waals surface area contributed by atoms with E-state index in [-0.39, 0.29) is 0 Å². The number of ether oxygens (including phenoxy) is 2. The highest BCUT2D eigenvalue weighted by atomic mass is 79.9. The average molecular weight is 318 g/mol. The highest BCUT2D eigenvalue weighted by molar-refractivity contribution is 9.10. The van der Waals surface area contributed by atoms with Gasteiger partial charge < -0.3 is 14.8 Å². The van der Waals surface area contributed by atoms with Crippen LogP contribution in [0.1, 0.15) is 12.5 Å². The Morgan fingerprint density at radius 1 is 1.47 bits per heavy atom. The van der Waals surface area contributed by atoms with E-state index < -0.39 is 0 Å². The van der Waals surface area contributed by atoms with Crippen molar-refractivity contribution in [2.75, 3.05) is 18.8 Å². The minimum absolute atomic E-state index is 0.313. The van der Waals surface area contributed by atoms with Gasteiger partial charge in [0.1, 0.15) is 0 Å². The van der Waals surface area contributed by atoms with Crippen molar-refractivity contribution < 1.29 is 9.47 Å². The predicted octanol–water partition coefficient (Wildman–Crippen LogP) is 3.02. The SMILES string of the molecule is CSCC(C)NCc1cc(Br)c2c(c1)OCO2. The lowest BCUT2D eigenvalue weighted by atomic mass is 10.2. The fourth-order valence-electron chi connectivity index (χ4n) is 1.72. The van der Waals surface area contributed by atoms with Crippen molar-refractivity contribution in [2.24, 2.45) is 0 Å². The first kappa shape index (κ1) is 13.1. The van der Waals surface area contributed by atoms with Gasteiger partial charge in [0.05, 0.1) is 4.47 Å². The fourth-order valence-corrected chi connectivity index (χ4v) is 2.95. The van der Waals surface area contributed by atoms with Crippen molar-refractivity contribution in [3.63, 3.8) is 0 Å². The van der Waals surface area contributed by atoms with Gasteiger partial charge >= 0.3 is 0 Å². The smallest absolute Gasteiger partial charge is 0.231 e. The molecule has 1 aromatic rings. The van der Waals surface area contributed by atoms with Crippen molar-refractivity contribution in [3.05, 3.63) is 22.2 Å². The summed E-state index contributed by atoms with van der Waals surface area (Å²) in [6, 6.07) is 4.62. The van der Waals surface area contributed by atoms with Crippen LogP contribution in [0.4, 0.5) is 0 Å². The standard InChI is InChI=1S/C12H16BrNO2S/c1-8(6-17-2)14-5-9-3-10(13)12-11(4-9)15-7-16-12/h3-4,8,14H,5-7H2,1-2H3. The van der Waals surface area contributed by atoms with Crippen molar-refractivity contribution in [1.29, 1.82) is 0 Å². The van der Waals surface area contributed by atoms with Gasteiger partial charge in [-0.2, -0.15) is 11.8 Å². The van der Waals surface area contributed by atoms with Gasteiger partial charge in [-0.05, 0) is 46.8 Å². The van der Waals surface area contributed by atoms with Gasteiger partial charge in [0.25, 0.3) is 0 Å². The maximum Gasteiger partial charge on any atom is 0.231 e. The molecule has 0 spiro atoms. The molecular formula is C12H16BrNO2S. The summed E-state index contributed by atoms with van der Waals surface area (Å²) in [7, 11) is 0. The number of rotatable bonds is 5. The molecule has 0 fully saturated rings. The zero-order chi connectivity index (χ0) is 12.3. The molecule has 1 aromatic carbocycles. The van der Waals surface area contributed by atoms with Crippen molar-refractivity contribution in [2.45, 2.75) is 19.5 Å². The summed E-state index contributed by atoms with van der Waals surface area (Å²) < 4.78 is 11.7. The third kappa shape index (κ3) is 3.30. The molecule has 1 atom stereocenters. The maximum absolute atomic E-state index is 5.39. The molecule has 0 bridgehead atoms. The van der Waals surface area contributed by atoms with Crippen molar-refractivity contribution >= 4 is 27.7 Å². The first-order valence-corrected chi connectivity index (χ1v) is 7.69. The first-order valence-electron chi connectivity index (χ1n) is 5.51. The lowest BCUT2D eigenvalue weighted by Gasteiger charge is -2.13. The van der Waals surface area contributed by atoms with Gasteiger partial charge in [0, 0.05) is 18.3 Å². The Labute approximate surface area is 114 Å². The molecule has 3 nitrogen and oxygen atoms in total. The zero-order valence-corrected chi connectivity index (χ0v) is 12.4. The van der Waals surface area contributed by atoms with Crippen molar-refractivity contribution in [3.8, 4) is 11.5 Å². The number of hydrogen-bond donors (Lipinski definition) is 1. The minimum Gasteiger partial charge on any atom is -0.454 e. The van der Waals surface area contributed by atoms with E-state index in [2.05, 4.69) is 40.5 Å². The molecular weight excluding hydrogens is 302 g/mol. The van der Waals surface area contributed by atoms with Crippen molar-refractivity contribution in [1.82, 2.24) is 5.32 Å². The molecule has 5 heteroatoms. The minimum atomic E-state index is 0.313. The third-order valence-corrected chi connectivity index (χ3v) is 3.98. The fraction of sp³-hybridized carbons (Fsp3) is 0.500. The van der Waals surface area contributed by atoms with Crippen LogP contribution in [-0.4, -0.2) is 24.8 Å². The third-order valence-electron chi connectivity index (χ3n) is 2.56. The van der Waals surface area contributed by atoms with E-state index >= 15 is 0 Å². The largest absolute Gasteiger partial charge is 0.454 e. The topological polar surface area (TPSA) is 30.5 Å². The summed E-state index contributed by atoms with van der Waals surface area (Å²) in [4.78, 5) is 0. The summed E-state index contributed by atoms with van der Waals surface area (Å²) in [5.41, 5.74) is 1.20. The van der Waals surface area contributed by atoms with Crippen LogP contribution in [0.15, 0.2) is 16.6 Å². The van der Waals surface area contributed by atoms with Gasteiger partial charge in [-0.15, -0.1) is 0 Å². The molecule has 0 radical (unpaired) electrons. The summed E-state index contributed by atoms with van der Waals surface area (Å²) >= 11 is 5.35. The van der Waals surface area contributed by atoms with E-state index in [9.17, 15) is 0 Å². The Hall–Kier alpha value is -0.390. The summed E-state index contributed by atoms with van der Waals surface area (Å²) in [5.74, 6) is 2.76. The highest BCUT2D eigenvalue weighted by Crippen LogP contribution is 2.39. The van der Waals surface area contributed by atoms with Gasteiger partial charge in [0.15, 0.2) is 11.5 Å². The Morgan fingerprint density at radius 3 is 3.06 bits per heavy atom. The quantitative estimate of drug-likeness (QED) is 0.904. The van der Waals surface area contributed by atoms with E-state index in [4.69, 9.17) is 9.47 Å². The van der Waals surface area contributed by atoms with E-state index in [1.165, 1.54) is 5.56 Å². The van der Waals surface area contributed by atoms with Gasteiger partial charge in [-0.3, -0.25) is 0 Å². The van der Waals surface area contributed by atoms with Crippen LogP contribution >= 0.6 is 27.7 Å². The Kier molecular flexibility index (Phi) is 4.59. The molecule has 0 amide bonds. The number of benzene rings is 1. The first-order chi connectivity index (χ1) is 8.20. The molecule has 0 saturated carbocycles. The molecule has 1 heterocycles. The lowest BCUT2D eigenvalue weighted by Crippen LogP contribution is -2.27. The molecule has 0 aliphatic carbocycles. The molecule has 0 aromatic heterocycles. The van der Waals surface area contributed by atoms with Crippen LogP contribution in [0.2, 0.25) is 0 Å². The number of hydrogen-bond acceptors (Lipinski definition) is 4. The molecule has 94 valence electrons. The predicted molar refractivity (Wildman–Crippen MR) is 74.9 cm³/mol. The zero-order valence-electron chi connectivity index (χ0n) is 9.96. The molecule has 1 unspecified atom stereocenters. The van der Waals surface area contributed by atoms with E-state index in [1.807, 2.05) is 17.8 Å². The second-order valence-electron chi connectivity index (χ2n) is 4.05. The monoisotopic (exact) mass is 317 g/mol. The Balaban J connectivity index is 2.00. The van der Waals surface area contributed by atoms with Gasteiger partial charge in [-0.1, -0.05) is 0 Å². The molecule has 1 aliphatic heterocycles. The van der Waals surface area contributed by atoms with Crippen LogP contribution in [0.3, 0.4) is 0 Å². The maximum atomic E-state index is 5.39. The average Bonchev–Trinajstić information content (AvgIpc) is 2.75. The second-order valence-corrected chi connectivity index (χ2v) is 5.81. The highest BCUT2D eigenvalue weighted by Gasteiger charge is 2.17. The number of thioether (sulfide) groups is 1. The molecule has 17 heavy (non-hydrogen) atoms. The van der Waals surface area contributed by atoms with Crippen LogP contribution < -0.4 is 14.8 Å². The van der Waals surface area contributed by atoms with E-state index in [1.54, 1.807) is 0 Å². The number of fused-ring (bicyclic) bond motifs is 1. The summed E-state index contributed by atoms with van der Waals surface area (Å²) in [5, 5.41) is 3.48. The van der Waals surface area contributed by atoms with E-state index in [0.29, 0.717) is 12.8 Å². The number of nitrogens with one attached hydrogen (secondary N) is 1. The summed E-state index contributed by atoms with van der Waals surface area (Å²) in [6.45, 7) is 3.35. The molecule has 1 N–H and O–H groups in total. The molecule has 0 saturated heterocycles. The Morgan fingerprint density at radius 2 is 2.29 bits per heavy atom. The van der Waals surface area contributed by atoms with Crippen LogP contribution in [0.5, 0.6) is 11.5 Å². The van der Waals surface area contributed by atoms with E-state index in [0.717, 1.165) is 28.3 Å². The lowest BCUT2D eigenvalue weighted by molar-refractivity contribution is 0.173. The number of halogens is 1.